The minimum absolute atomic E-state index is 0. The second-order valence-electron chi connectivity index (χ2n) is 11.5. The predicted molar refractivity (Wildman–Crippen MR) is 181 cm³/mol. The Bertz CT molecular complexity index is 484. The van der Waals surface area contributed by atoms with Crippen LogP contribution in [-0.4, -0.2) is 40.8 Å². The van der Waals surface area contributed by atoms with Crippen LogP contribution in [0.5, 0.6) is 0 Å². The van der Waals surface area contributed by atoms with E-state index in [1.165, 1.54) is 148 Å². The molecule has 0 spiro atoms. The fourth-order valence-corrected chi connectivity index (χ4v) is 4.81. The molecule has 6 nitrogen and oxygen atoms in total. The lowest BCUT2D eigenvalue weighted by atomic mass is 10.0. The number of hydrogen-bond donors (Lipinski definition) is 2. The molecule has 42 heavy (non-hydrogen) atoms. The first-order chi connectivity index (χ1) is 20.0. The van der Waals surface area contributed by atoms with Gasteiger partial charge in [-0.1, -0.05) is 168 Å². The van der Waals surface area contributed by atoms with E-state index in [0.717, 1.165) is 19.3 Å². The van der Waals surface area contributed by atoms with Gasteiger partial charge in [0, 0.05) is 19.4 Å². The van der Waals surface area contributed by atoms with Gasteiger partial charge in [0.1, 0.15) is 0 Å². The predicted octanol–water partition coefficient (Wildman–Crippen LogP) is 10.8. The minimum Gasteiger partial charge on any atom is -0.481 e. The van der Waals surface area contributed by atoms with E-state index in [9.17, 15) is 9.59 Å². The first kappa shape index (κ1) is 47.8. The average molecular weight is 605 g/mol. The number of ether oxygens (including phenoxy) is 1. The van der Waals surface area contributed by atoms with Gasteiger partial charge >= 0.3 is 11.9 Å². The summed E-state index contributed by atoms with van der Waals surface area (Å²) in [5.74, 6) is -0.686. The van der Waals surface area contributed by atoms with Crippen LogP contribution in [0.3, 0.4) is 0 Å². The number of aliphatic hydroxyl groups is 1. The summed E-state index contributed by atoms with van der Waals surface area (Å²) in [6.07, 6.45) is 35.3. The molecule has 0 aromatic rings. The summed E-state index contributed by atoms with van der Waals surface area (Å²) in [6, 6.07) is 0. The number of carboxylic acids is 1. The zero-order valence-electron chi connectivity index (χ0n) is 28.8. The third-order valence-electron chi connectivity index (χ3n) is 7.28. The number of rotatable bonds is 29. The Morgan fingerprint density at radius 3 is 0.929 bits per heavy atom. The van der Waals surface area contributed by atoms with Crippen molar-refractivity contribution in [3.8, 4) is 0 Å². The Morgan fingerprint density at radius 1 is 0.452 bits per heavy atom. The lowest BCUT2D eigenvalue weighted by Gasteiger charge is -2.03. The monoisotopic (exact) mass is 605 g/mol. The van der Waals surface area contributed by atoms with Crippen LogP contribution in [-0.2, 0) is 14.3 Å². The van der Waals surface area contributed by atoms with E-state index >= 15 is 0 Å². The molecule has 0 aliphatic rings. The van der Waals surface area contributed by atoms with Crippen LogP contribution >= 0.6 is 0 Å². The van der Waals surface area contributed by atoms with E-state index < -0.39 is 5.97 Å². The average Bonchev–Trinajstić information content (AvgIpc) is 2.94. The van der Waals surface area contributed by atoms with Gasteiger partial charge < -0.3 is 20.4 Å². The lowest BCUT2D eigenvalue weighted by Crippen LogP contribution is -2.03. The van der Waals surface area contributed by atoms with Crippen molar-refractivity contribution in [2.45, 2.75) is 207 Å². The Labute approximate surface area is 262 Å². The largest absolute Gasteiger partial charge is 0.481 e. The molecule has 6 heteroatoms. The van der Waals surface area contributed by atoms with Crippen molar-refractivity contribution in [3.63, 3.8) is 0 Å². The molecular formula is C36H76O6. The number of esters is 1. The SMILES string of the molecule is CCCCCCCCCCCCCCCC(=O)O.CCCCCCCCCCCCCCCC(=O)OCC.CCO.O. The zero-order chi connectivity index (χ0) is 31.1. The van der Waals surface area contributed by atoms with E-state index in [2.05, 4.69) is 13.8 Å². The van der Waals surface area contributed by atoms with Gasteiger partial charge in [-0.05, 0) is 26.7 Å². The third kappa shape index (κ3) is 54.9. The van der Waals surface area contributed by atoms with E-state index in [1.54, 1.807) is 6.92 Å². The molecule has 0 saturated carbocycles. The maximum Gasteiger partial charge on any atom is 0.305 e. The second-order valence-corrected chi connectivity index (χ2v) is 11.5. The topological polar surface area (TPSA) is 115 Å². The molecule has 256 valence electrons. The van der Waals surface area contributed by atoms with Crippen LogP contribution in [0.25, 0.3) is 0 Å². The van der Waals surface area contributed by atoms with Gasteiger partial charge in [-0.25, -0.2) is 0 Å². The molecular weight excluding hydrogens is 528 g/mol. The van der Waals surface area contributed by atoms with Crippen LogP contribution in [0, 0.1) is 0 Å². The van der Waals surface area contributed by atoms with Crippen molar-refractivity contribution < 1.29 is 30.0 Å². The van der Waals surface area contributed by atoms with Gasteiger partial charge in [-0.3, -0.25) is 9.59 Å². The number of aliphatic hydroxyl groups excluding tert-OH is 1. The molecule has 0 atom stereocenters. The molecule has 0 fully saturated rings. The Hall–Kier alpha value is -1.14. The molecule has 0 aliphatic carbocycles. The molecule has 0 heterocycles. The van der Waals surface area contributed by atoms with E-state index in [4.69, 9.17) is 14.9 Å². The van der Waals surface area contributed by atoms with Crippen molar-refractivity contribution in [2.75, 3.05) is 13.2 Å². The normalized spacial score (nSPS) is 10.1. The van der Waals surface area contributed by atoms with Gasteiger partial charge in [0.05, 0.1) is 6.61 Å². The van der Waals surface area contributed by atoms with E-state index in [1.807, 2.05) is 6.92 Å². The van der Waals surface area contributed by atoms with Gasteiger partial charge in [-0.15, -0.1) is 0 Å². The van der Waals surface area contributed by atoms with Gasteiger partial charge in [0.15, 0.2) is 0 Å². The first-order valence-corrected chi connectivity index (χ1v) is 18.0. The fraction of sp³-hybridized carbons (Fsp3) is 0.944. The minimum atomic E-state index is -0.655. The number of carboxylic acid groups (broad SMARTS) is 1. The number of carbonyl (C=O) groups excluding carboxylic acids is 1. The van der Waals surface area contributed by atoms with Crippen LogP contribution in [0.4, 0.5) is 0 Å². The van der Waals surface area contributed by atoms with Crippen molar-refractivity contribution >= 4 is 11.9 Å². The Kier molecular flexibility index (Phi) is 53.3. The van der Waals surface area contributed by atoms with Crippen molar-refractivity contribution in [1.29, 1.82) is 0 Å². The highest BCUT2D eigenvalue weighted by atomic mass is 16.5. The summed E-state index contributed by atoms with van der Waals surface area (Å²) < 4.78 is 4.91. The molecule has 4 N–H and O–H groups in total. The molecule has 0 amide bonds. The zero-order valence-corrected chi connectivity index (χ0v) is 28.8. The molecule has 0 aromatic carbocycles. The number of aliphatic carboxylic acids is 1. The number of carbonyl (C=O) groups is 2. The summed E-state index contributed by atoms with van der Waals surface area (Å²) in [5, 5.41) is 16.1. The fourth-order valence-electron chi connectivity index (χ4n) is 4.81. The molecule has 0 unspecified atom stereocenters. The highest BCUT2D eigenvalue weighted by Crippen LogP contribution is 2.14. The maximum atomic E-state index is 11.1. The molecule has 0 radical (unpaired) electrons. The van der Waals surface area contributed by atoms with Crippen LogP contribution in [0.2, 0.25) is 0 Å². The van der Waals surface area contributed by atoms with Gasteiger partial charge in [0.25, 0.3) is 0 Å². The maximum absolute atomic E-state index is 11.1. The Morgan fingerprint density at radius 2 is 0.690 bits per heavy atom. The highest BCUT2D eigenvalue weighted by molar-refractivity contribution is 5.69. The van der Waals surface area contributed by atoms with Gasteiger partial charge in [-0.2, -0.15) is 0 Å². The van der Waals surface area contributed by atoms with Crippen LogP contribution in [0.1, 0.15) is 207 Å². The quantitative estimate of drug-likeness (QED) is 0.0650. The standard InChI is InChI=1S/C18H36O2.C16H32O2.C2H6O.H2O/c1-3-5-6-7-8-9-10-11-12-13-14-15-16-17-18(19)20-4-2;1-2-3-4-5-6-7-8-9-10-11-12-13-14-15-16(17)18;1-2-3;/h3-17H2,1-2H3;2-15H2,1H3,(H,17,18);3H,2H2,1H3;1H2. The summed E-state index contributed by atoms with van der Waals surface area (Å²) in [4.78, 5) is 21.4. The smallest absolute Gasteiger partial charge is 0.305 e. The molecule has 0 saturated heterocycles. The van der Waals surface area contributed by atoms with Crippen LogP contribution < -0.4 is 0 Å². The second kappa shape index (κ2) is 46.8. The Balaban J connectivity index is -0.000000308. The van der Waals surface area contributed by atoms with E-state index in [-0.39, 0.29) is 18.1 Å². The van der Waals surface area contributed by atoms with Crippen molar-refractivity contribution in [3.05, 3.63) is 0 Å². The van der Waals surface area contributed by atoms with Gasteiger partial charge in [0.2, 0.25) is 0 Å². The summed E-state index contributed by atoms with van der Waals surface area (Å²) >= 11 is 0. The van der Waals surface area contributed by atoms with Crippen molar-refractivity contribution in [1.82, 2.24) is 0 Å². The molecule has 0 rings (SSSR count). The molecule has 0 aromatic heterocycles. The number of hydrogen-bond acceptors (Lipinski definition) is 4. The lowest BCUT2D eigenvalue weighted by molar-refractivity contribution is -0.143. The molecule has 0 bridgehead atoms. The summed E-state index contributed by atoms with van der Waals surface area (Å²) in [5.41, 5.74) is 0. The summed E-state index contributed by atoms with van der Waals surface area (Å²) in [7, 11) is 0. The summed E-state index contributed by atoms with van der Waals surface area (Å²) in [6.45, 7) is 8.84. The highest BCUT2D eigenvalue weighted by Gasteiger charge is 2.00. The van der Waals surface area contributed by atoms with Crippen molar-refractivity contribution in [2.24, 2.45) is 0 Å². The molecule has 0 aliphatic heterocycles. The third-order valence-corrected chi connectivity index (χ3v) is 7.28. The van der Waals surface area contributed by atoms with Crippen LogP contribution in [0.15, 0.2) is 0 Å². The van der Waals surface area contributed by atoms with E-state index in [0.29, 0.717) is 19.4 Å². The first-order valence-electron chi connectivity index (χ1n) is 18.0. The number of unbranched alkanes of at least 4 members (excludes halogenated alkanes) is 24.